The molecule has 1 aliphatic heterocycles. The van der Waals surface area contributed by atoms with Gasteiger partial charge in [-0.3, -0.25) is 0 Å². The minimum Gasteiger partial charge on any atom is -0.403 e. The highest BCUT2D eigenvalue weighted by Gasteiger charge is 2.51. The normalized spacial score (nSPS) is 20.1. The summed E-state index contributed by atoms with van der Waals surface area (Å²) in [5.41, 5.74) is 0.266. The van der Waals surface area contributed by atoms with Crippen molar-refractivity contribution in [2.45, 2.75) is 51.1 Å². The fourth-order valence-corrected chi connectivity index (χ4v) is 3.35. The second kappa shape index (κ2) is 6.18. The summed E-state index contributed by atoms with van der Waals surface area (Å²) in [5, 5.41) is 11.9. The molecular formula is C19H21BBrNO2. The summed E-state index contributed by atoms with van der Waals surface area (Å²) >= 11 is 3.49. The maximum atomic E-state index is 9.65. The van der Waals surface area contributed by atoms with Crippen LogP contribution in [0.3, 0.4) is 0 Å². The smallest absolute Gasteiger partial charge is 0.403 e. The third kappa shape index (κ3) is 3.24. The lowest BCUT2D eigenvalue weighted by atomic mass is 9.75. The Balaban J connectivity index is 1.83. The lowest BCUT2D eigenvalue weighted by Gasteiger charge is -2.32. The minimum atomic E-state index is -0.368. The number of hydrogen-bond donors (Lipinski definition) is 0. The van der Waals surface area contributed by atoms with E-state index in [1.165, 1.54) is 0 Å². The number of hydrogen-bond acceptors (Lipinski definition) is 3. The molecule has 1 aliphatic rings. The van der Waals surface area contributed by atoms with Crippen LogP contribution in [0.1, 0.15) is 39.2 Å². The molecule has 2 aromatic carbocycles. The van der Waals surface area contributed by atoms with Crippen LogP contribution in [0.4, 0.5) is 0 Å². The van der Waals surface area contributed by atoms with Gasteiger partial charge in [0.15, 0.2) is 0 Å². The molecule has 1 unspecified atom stereocenters. The first-order chi connectivity index (χ1) is 11.2. The van der Waals surface area contributed by atoms with Crippen LogP contribution in [0.15, 0.2) is 40.9 Å². The minimum absolute atomic E-state index is 0.257. The van der Waals surface area contributed by atoms with Gasteiger partial charge in [-0.15, -0.1) is 0 Å². The van der Waals surface area contributed by atoms with Gasteiger partial charge in [-0.25, -0.2) is 0 Å². The first kappa shape index (κ1) is 17.5. The fourth-order valence-electron chi connectivity index (χ4n) is 2.97. The zero-order chi connectivity index (χ0) is 17.5. The molecule has 3 nitrogen and oxygen atoms in total. The van der Waals surface area contributed by atoms with E-state index in [1.54, 1.807) is 0 Å². The van der Waals surface area contributed by atoms with Crippen molar-refractivity contribution < 1.29 is 9.31 Å². The third-order valence-corrected chi connectivity index (χ3v) is 5.61. The Morgan fingerprint density at radius 1 is 1.04 bits per heavy atom. The van der Waals surface area contributed by atoms with Gasteiger partial charge < -0.3 is 9.31 Å². The van der Waals surface area contributed by atoms with Crippen molar-refractivity contribution in [2.75, 3.05) is 0 Å². The van der Waals surface area contributed by atoms with Crippen molar-refractivity contribution in [3.8, 4) is 6.07 Å². The Morgan fingerprint density at radius 3 is 2.25 bits per heavy atom. The van der Waals surface area contributed by atoms with Gasteiger partial charge in [0.1, 0.15) is 0 Å². The van der Waals surface area contributed by atoms with Crippen LogP contribution >= 0.6 is 15.9 Å². The molecule has 2 aromatic rings. The number of halogens is 1. The van der Waals surface area contributed by atoms with Crippen molar-refractivity contribution in [2.24, 2.45) is 0 Å². The first-order valence-corrected chi connectivity index (χ1v) is 8.96. The van der Waals surface area contributed by atoms with Crippen LogP contribution in [-0.2, 0) is 9.31 Å². The molecule has 5 heteroatoms. The standard InChI is InChI=1S/C19H21BBrNO2/c1-18(2)19(3,4)24-20(23-18)11-16(12-22)14-5-6-15-10-17(21)8-7-13(15)9-14/h5-10,16H,11H2,1-4H3. The molecule has 0 N–H and O–H groups in total. The van der Waals surface area contributed by atoms with Crippen LogP contribution in [0.2, 0.25) is 6.32 Å². The summed E-state index contributed by atoms with van der Waals surface area (Å²) in [4.78, 5) is 0. The Labute approximate surface area is 152 Å². The fraction of sp³-hybridized carbons (Fsp3) is 0.421. The van der Waals surface area contributed by atoms with E-state index >= 15 is 0 Å². The molecule has 24 heavy (non-hydrogen) atoms. The molecule has 0 aromatic heterocycles. The number of nitriles is 1. The molecule has 0 radical (unpaired) electrons. The molecule has 1 fully saturated rings. The summed E-state index contributed by atoms with van der Waals surface area (Å²) in [5.74, 6) is -0.257. The SMILES string of the molecule is CC1(C)OB(CC(C#N)c2ccc3cc(Br)ccc3c2)OC1(C)C. The second-order valence-electron chi connectivity index (χ2n) is 7.35. The van der Waals surface area contributed by atoms with Crippen molar-refractivity contribution >= 4 is 33.8 Å². The summed E-state index contributed by atoms with van der Waals surface area (Å²) in [6, 6.07) is 14.7. The van der Waals surface area contributed by atoms with Crippen molar-refractivity contribution in [1.29, 1.82) is 5.26 Å². The lowest BCUT2D eigenvalue weighted by Crippen LogP contribution is -2.41. The molecule has 1 atom stereocenters. The van der Waals surface area contributed by atoms with E-state index < -0.39 is 0 Å². The van der Waals surface area contributed by atoms with Gasteiger partial charge in [-0.2, -0.15) is 5.26 Å². The Hall–Kier alpha value is -1.35. The van der Waals surface area contributed by atoms with E-state index in [1.807, 2.05) is 39.8 Å². The molecule has 124 valence electrons. The van der Waals surface area contributed by atoms with Crippen molar-refractivity contribution in [3.05, 3.63) is 46.4 Å². The van der Waals surface area contributed by atoms with E-state index in [-0.39, 0.29) is 24.2 Å². The zero-order valence-electron chi connectivity index (χ0n) is 14.5. The average molecular weight is 386 g/mol. The van der Waals surface area contributed by atoms with Crippen LogP contribution in [-0.4, -0.2) is 18.3 Å². The van der Waals surface area contributed by atoms with Crippen LogP contribution in [0.5, 0.6) is 0 Å². The maximum absolute atomic E-state index is 9.65. The lowest BCUT2D eigenvalue weighted by molar-refractivity contribution is 0.00578. The van der Waals surface area contributed by atoms with E-state index in [2.05, 4.69) is 46.3 Å². The van der Waals surface area contributed by atoms with Crippen LogP contribution < -0.4 is 0 Å². The highest BCUT2D eigenvalue weighted by Crippen LogP contribution is 2.39. The quantitative estimate of drug-likeness (QED) is 0.673. The largest absolute Gasteiger partial charge is 0.459 e. The molecule has 1 saturated heterocycles. The predicted molar refractivity (Wildman–Crippen MR) is 101 cm³/mol. The molecule has 0 aliphatic carbocycles. The van der Waals surface area contributed by atoms with Crippen LogP contribution in [0.25, 0.3) is 10.8 Å². The second-order valence-corrected chi connectivity index (χ2v) is 8.27. The number of fused-ring (bicyclic) bond motifs is 1. The Morgan fingerprint density at radius 2 is 1.62 bits per heavy atom. The molecular weight excluding hydrogens is 365 g/mol. The van der Waals surface area contributed by atoms with Gasteiger partial charge >= 0.3 is 7.12 Å². The van der Waals surface area contributed by atoms with Gasteiger partial charge in [-0.05, 0) is 62.2 Å². The van der Waals surface area contributed by atoms with Crippen LogP contribution in [0, 0.1) is 11.3 Å². The molecule has 1 heterocycles. The summed E-state index contributed by atoms with van der Waals surface area (Å²) < 4.78 is 13.1. The number of benzene rings is 2. The highest BCUT2D eigenvalue weighted by molar-refractivity contribution is 9.10. The summed E-state index contributed by atoms with van der Waals surface area (Å²) in [6.07, 6.45) is 0.533. The Kier molecular flexibility index (Phi) is 4.50. The molecule has 3 rings (SSSR count). The van der Waals surface area contributed by atoms with E-state index in [4.69, 9.17) is 9.31 Å². The average Bonchev–Trinajstić information content (AvgIpc) is 2.71. The van der Waals surface area contributed by atoms with Gasteiger partial charge in [0.2, 0.25) is 0 Å². The van der Waals surface area contributed by atoms with Gasteiger partial charge in [-0.1, -0.05) is 34.1 Å². The third-order valence-electron chi connectivity index (χ3n) is 5.11. The Bertz CT molecular complexity index is 797. The van der Waals surface area contributed by atoms with E-state index in [0.29, 0.717) is 6.32 Å². The van der Waals surface area contributed by atoms with E-state index in [0.717, 1.165) is 20.8 Å². The molecule has 0 bridgehead atoms. The first-order valence-electron chi connectivity index (χ1n) is 8.16. The molecule has 0 saturated carbocycles. The van der Waals surface area contributed by atoms with Crippen molar-refractivity contribution in [3.63, 3.8) is 0 Å². The monoisotopic (exact) mass is 385 g/mol. The maximum Gasteiger partial charge on any atom is 0.459 e. The molecule has 0 spiro atoms. The van der Waals surface area contributed by atoms with Crippen molar-refractivity contribution in [1.82, 2.24) is 0 Å². The van der Waals surface area contributed by atoms with E-state index in [9.17, 15) is 5.26 Å². The van der Waals surface area contributed by atoms with Gasteiger partial charge in [0.05, 0.1) is 23.2 Å². The van der Waals surface area contributed by atoms with Gasteiger partial charge in [0, 0.05) is 10.8 Å². The molecule has 0 amide bonds. The predicted octanol–water partition coefficient (Wildman–Crippen LogP) is 5.30. The topological polar surface area (TPSA) is 42.2 Å². The number of nitrogens with zero attached hydrogens (tertiary/aromatic N) is 1. The number of rotatable bonds is 3. The zero-order valence-corrected chi connectivity index (χ0v) is 16.1. The highest BCUT2D eigenvalue weighted by atomic mass is 79.9. The summed E-state index contributed by atoms with van der Waals surface area (Å²) in [7, 11) is -0.361. The van der Waals surface area contributed by atoms with Gasteiger partial charge in [0.25, 0.3) is 0 Å². The summed E-state index contributed by atoms with van der Waals surface area (Å²) in [6.45, 7) is 8.12.